The molecule has 0 saturated carbocycles. The third-order valence-corrected chi connectivity index (χ3v) is 15.7. The first-order valence-electron chi connectivity index (χ1n) is 32.9. The van der Waals surface area contributed by atoms with Gasteiger partial charge in [-0.15, -0.1) is 0 Å². The molecule has 0 radical (unpaired) electrons. The lowest BCUT2D eigenvalue weighted by atomic mass is 9.99. The maximum absolute atomic E-state index is 12.9. The van der Waals surface area contributed by atoms with Crippen LogP contribution in [-0.2, 0) is 28.6 Å². The lowest BCUT2D eigenvalue weighted by molar-refractivity contribution is -0.167. The fourth-order valence-electron chi connectivity index (χ4n) is 10.3. The van der Waals surface area contributed by atoms with Crippen molar-refractivity contribution in [2.45, 2.75) is 387 Å². The van der Waals surface area contributed by atoms with Crippen LogP contribution >= 0.6 is 0 Å². The molecular formula is C66H128O6. The molecule has 0 N–H and O–H groups in total. The highest BCUT2D eigenvalue weighted by molar-refractivity contribution is 5.71. The number of rotatable bonds is 61. The zero-order valence-corrected chi connectivity index (χ0v) is 49.4. The van der Waals surface area contributed by atoms with Gasteiger partial charge in [-0.25, -0.2) is 0 Å². The summed E-state index contributed by atoms with van der Waals surface area (Å²) in [6.45, 7) is 9.13. The number of carbonyl (C=O) groups is 3. The SMILES string of the molecule is CCCCCCCCCCCCCCCCCCCCCC(=O)O[C@@H](COC(=O)CCCCCCCCCCCCCCC)COC(=O)CCCCCCCCCCCCCCCCCCCCC(C)CC. The predicted octanol–water partition coefficient (Wildman–Crippen LogP) is 22.1. The van der Waals surface area contributed by atoms with Gasteiger partial charge in [-0.05, 0) is 25.2 Å². The molecule has 0 amide bonds. The summed E-state index contributed by atoms with van der Waals surface area (Å²) >= 11 is 0. The van der Waals surface area contributed by atoms with Crippen LogP contribution in [0.3, 0.4) is 0 Å². The van der Waals surface area contributed by atoms with Gasteiger partial charge in [-0.3, -0.25) is 14.4 Å². The summed E-state index contributed by atoms with van der Waals surface area (Å²) in [5.41, 5.74) is 0. The number of ether oxygens (including phenoxy) is 3. The van der Waals surface area contributed by atoms with E-state index < -0.39 is 6.10 Å². The van der Waals surface area contributed by atoms with Crippen LogP contribution in [0.25, 0.3) is 0 Å². The molecule has 6 nitrogen and oxygen atoms in total. The molecular weight excluding hydrogens is 889 g/mol. The molecule has 6 heteroatoms. The summed E-state index contributed by atoms with van der Waals surface area (Å²) in [7, 11) is 0. The zero-order valence-electron chi connectivity index (χ0n) is 49.4. The van der Waals surface area contributed by atoms with Gasteiger partial charge < -0.3 is 14.2 Å². The number of hydrogen-bond acceptors (Lipinski definition) is 6. The van der Waals surface area contributed by atoms with Gasteiger partial charge in [-0.2, -0.15) is 0 Å². The minimum absolute atomic E-state index is 0.0610. The Labute approximate surface area is 450 Å². The van der Waals surface area contributed by atoms with E-state index in [9.17, 15) is 14.4 Å². The van der Waals surface area contributed by atoms with E-state index in [1.54, 1.807) is 0 Å². The van der Waals surface area contributed by atoms with E-state index in [-0.39, 0.29) is 31.1 Å². The number of carbonyl (C=O) groups excluding carboxylic acids is 3. The summed E-state index contributed by atoms with van der Waals surface area (Å²) in [4.78, 5) is 38.3. The summed E-state index contributed by atoms with van der Waals surface area (Å²) in [5, 5.41) is 0. The maximum Gasteiger partial charge on any atom is 0.306 e. The molecule has 2 atom stereocenters. The van der Waals surface area contributed by atoms with Crippen LogP contribution in [0, 0.1) is 5.92 Å². The van der Waals surface area contributed by atoms with Gasteiger partial charge in [0.05, 0.1) is 0 Å². The Morgan fingerprint density at radius 2 is 0.486 bits per heavy atom. The Balaban J connectivity index is 4.23. The van der Waals surface area contributed by atoms with Gasteiger partial charge in [0.15, 0.2) is 6.10 Å². The number of esters is 3. The highest BCUT2D eigenvalue weighted by Crippen LogP contribution is 2.19. The fraction of sp³-hybridized carbons (Fsp3) is 0.955. The van der Waals surface area contributed by atoms with Gasteiger partial charge >= 0.3 is 17.9 Å². The van der Waals surface area contributed by atoms with Crippen molar-refractivity contribution < 1.29 is 28.6 Å². The molecule has 0 spiro atoms. The van der Waals surface area contributed by atoms with Crippen molar-refractivity contribution in [3.63, 3.8) is 0 Å². The van der Waals surface area contributed by atoms with Crippen molar-refractivity contribution in [3.8, 4) is 0 Å². The molecule has 0 fully saturated rings. The molecule has 0 saturated heterocycles. The molecule has 0 aromatic heterocycles. The monoisotopic (exact) mass is 1020 g/mol. The quantitative estimate of drug-likeness (QED) is 0.0343. The van der Waals surface area contributed by atoms with E-state index in [1.807, 2.05) is 0 Å². The smallest absolute Gasteiger partial charge is 0.306 e. The second-order valence-corrected chi connectivity index (χ2v) is 23.0. The van der Waals surface area contributed by atoms with Gasteiger partial charge in [0.2, 0.25) is 0 Å². The Kier molecular flexibility index (Phi) is 58.9. The van der Waals surface area contributed by atoms with Crippen molar-refractivity contribution >= 4 is 17.9 Å². The van der Waals surface area contributed by atoms with Crippen LogP contribution in [0.1, 0.15) is 381 Å². The topological polar surface area (TPSA) is 78.9 Å². The van der Waals surface area contributed by atoms with Gasteiger partial charge in [0.25, 0.3) is 0 Å². The van der Waals surface area contributed by atoms with Crippen molar-refractivity contribution in [1.82, 2.24) is 0 Å². The van der Waals surface area contributed by atoms with Crippen LogP contribution in [0.4, 0.5) is 0 Å². The summed E-state index contributed by atoms with van der Waals surface area (Å²) < 4.78 is 17.0. The van der Waals surface area contributed by atoms with E-state index in [0.717, 1.165) is 63.7 Å². The number of unbranched alkanes of at least 4 members (excludes halogenated alkanes) is 47. The summed E-state index contributed by atoms with van der Waals surface area (Å²) in [6.07, 6.45) is 68.2. The first-order valence-corrected chi connectivity index (χ1v) is 32.9. The molecule has 0 heterocycles. The van der Waals surface area contributed by atoms with Gasteiger partial charge in [0.1, 0.15) is 13.2 Å². The van der Waals surface area contributed by atoms with Gasteiger partial charge in [0, 0.05) is 19.3 Å². The Bertz CT molecular complexity index is 1090. The lowest BCUT2D eigenvalue weighted by Gasteiger charge is -2.18. The van der Waals surface area contributed by atoms with E-state index in [0.29, 0.717) is 19.3 Å². The molecule has 72 heavy (non-hydrogen) atoms. The molecule has 0 bridgehead atoms. The standard InChI is InChI=1S/C66H128O6/c1-5-8-10-12-14-16-18-20-21-22-23-28-31-35-39-43-47-51-55-59-66(69)72-63(60-70-64(67)57-53-49-45-41-37-32-19-17-15-13-11-9-6-2)61-71-65(68)58-54-50-46-42-38-34-30-27-25-24-26-29-33-36-40-44-48-52-56-62(4)7-3/h62-63H,5-61H2,1-4H3/t62?,63-/m0/s1. The highest BCUT2D eigenvalue weighted by Gasteiger charge is 2.19. The first-order chi connectivity index (χ1) is 35.4. The van der Waals surface area contributed by atoms with Crippen molar-refractivity contribution in [2.75, 3.05) is 13.2 Å². The van der Waals surface area contributed by atoms with Crippen LogP contribution in [0.2, 0.25) is 0 Å². The minimum Gasteiger partial charge on any atom is -0.462 e. The van der Waals surface area contributed by atoms with E-state index >= 15 is 0 Å². The normalized spacial score (nSPS) is 12.3. The van der Waals surface area contributed by atoms with Crippen LogP contribution in [0.5, 0.6) is 0 Å². The van der Waals surface area contributed by atoms with Crippen molar-refractivity contribution in [3.05, 3.63) is 0 Å². The van der Waals surface area contributed by atoms with E-state index in [2.05, 4.69) is 27.7 Å². The van der Waals surface area contributed by atoms with Crippen LogP contribution < -0.4 is 0 Å². The molecule has 0 rings (SSSR count). The second kappa shape index (κ2) is 60.3. The van der Waals surface area contributed by atoms with Crippen LogP contribution in [0.15, 0.2) is 0 Å². The Morgan fingerprint density at radius 1 is 0.278 bits per heavy atom. The fourth-order valence-corrected chi connectivity index (χ4v) is 10.3. The van der Waals surface area contributed by atoms with E-state index in [4.69, 9.17) is 14.2 Å². The molecule has 0 aliphatic heterocycles. The second-order valence-electron chi connectivity index (χ2n) is 23.0. The average molecular weight is 1020 g/mol. The van der Waals surface area contributed by atoms with Crippen molar-refractivity contribution in [1.29, 1.82) is 0 Å². The van der Waals surface area contributed by atoms with Crippen LogP contribution in [-0.4, -0.2) is 37.2 Å². The molecule has 428 valence electrons. The summed E-state index contributed by atoms with van der Waals surface area (Å²) in [6, 6.07) is 0. The third-order valence-electron chi connectivity index (χ3n) is 15.7. The average Bonchev–Trinajstić information content (AvgIpc) is 3.38. The molecule has 0 aromatic rings. The molecule has 0 aliphatic rings. The predicted molar refractivity (Wildman–Crippen MR) is 312 cm³/mol. The Hall–Kier alpha value is -1.59. The molecule has 0 aliphatic carbocycles. The lowest BCUT2D eigenvalue weighted by Crippen LogP contribution is -2.30. The third kappa shape index (κ3) is 57.7. The Morgan fingerprint density at radius 3 is 0.722 bits per heavy atom. The minimum atomic E-state index is -0.763. The maximum atomic E-state index is 12.9. The first kappa shape index (κ1) is 70.4. The molecule has 0 aromatic carbocycles. The number of hydrogen-bond donors (Lipinski definition) is 0. The summed E-state index contributed by atoms with van der Waals surface area (Å²) in [5.74, 6) is 0.0840. The largest absolute Gasteiger partial charge is 0.462 e. The van der Waals surface area contributed by atoms with E-state index in [1.165, 1.54) is 276 Å². The van der Waals surface area contributed by atoms with Crippen molar-refractivity contribution in [2.24, 2.45) is 5.92 Å². The highest BCUT2D eigenvalue weighted by atomic mass is 16.6. The zero-order chi connectivity index (χ0) is 52.3. The molecule has 1 unspecified atom stereocenters. The van der Waals surface area contributed by atoms with Gasteiger partial charge in [-0.1, -0.05) is 342 Å².